The van der Waals surface area contributed by atoms with E-state index in [9.17, 15) is 14.4 Å². The molecule has 1 aliphatic carbocycles. The van der Waals surface area contributed by atoms with Crippen molar-refractivity contribution in [3.63, 3.8) is 0 Å². The van der Waals surface area contributed by atoms with Gasteiger partial charge in [-0.15, -0.1) is 0 Å². The second-order valence-corrected chi connectivity index (χ2v) is 8.83. The van der Waals surface area contributed by atoms with Gasteiger partial charge in [0, 0.05) is 36.3 Å². The molecule has 6 nitrogen and oxygen atoms in total. The van der Waals surface area contributed by atoms with Crippen LogP contribution in [0.5, 0.6) is 0 Å². The number of nitrogens with one attached hydrogen (secondary N) is 1. The van der Waals surface area contributed by atoms with E-state index in [1.165, 1.54) is 6.42 Å². The standard InChI is InChI=1S/C23H31N3O3/c1-15-14-18(23(29)25-12-4-3-6-16(25)2)10-11-19(15)24-21(27)20-7-5-13-26(20)22(28)17-8-9-17/h10-11,14,16-17,20H,3-9,12-13H2,1-2H3,(H,24,27). The van der Waals surface area contributed by atoms with Gasteiger partial charge in [-0.05, 0) is 82.6 Å². The number of rotatable bonds is 4. The van der Waals surface area contributed by atoms with E-state index in [-0.39, 0.29) is 35.7 Å². The van der Waals surface area contributed by atoms with E-state index in [1.54, 1.807) is 11.0 Å². The minimum Gasteiger partial charge on any atom is -0.336 e. The molecule has 3 aliphatic rings. The number of anilines is 1. The summed E-state index contributed by atoms with van der Waals surface area (Å²) in [5.74, 6) is 0.210. The zero-order valence-electron chi connectivity index (χ0n) is 17.4. The first kappa shape index (κ1) is 19.9. The molecule has 0 spiro atoms. The van der Waals surface area contributed by atoms with E-state index in [4.69, 9.17) is 0 Å². The van der Waals surface area contributed by atoms with Crippen LogP contribution in [0.25, 0.3) is 0 Å². The van der Waals surface area contributed by atoms with Gasteiger partial charge in [-0.25, -0.2) is 0 Å². The minimum atomic E-state index is -0.377. The van der Waals surface area contributed by atoms with Crippen LogP contribution in [0.15, 0.2) is 18.2 Å². The SMILES string of the molecule is Cc1cc(C(=O)N2CCCCC2C)ccc1NC(=O)C1CCCN1C(=O)C1CC1. The number of nitrogens with zero attached hydrogens (tertiary/aromatic N) is 2. The van der Waals surface area contributed by atoms with Crippen LogP contribution < -0.4 is 5.32 Å². The van der Waals surface area contributed by atoms with Gasteiger partial charge >= 0.3 is 0 Å². The van der Waals surface area contributed by atoms with Crippen molar-refractivity contribution in [2.75, 3.05) is 18.4 Å². The van der Waals surface area contributed by atoms with Crippen LogP contribution in [-0.4, -0.2) is 52.7 Å². The molecule has 156 valence electrons. The summed E-state index contributed by atoms with van der Waals surface area (Å²) >= 11 is 0. The average Bonchev–Trinajstić information content (AvgIpc) is 3.45. The number of hydrogen-bond donors (Lipinski definition) is 1. The molecule has 3 amide bonds. The fourth-order valence-corrected chi connectivity index (χ4v) is 4.59. The summed E-state index contributed by atoms with van der Waals surface area (Å²) in [6, 6.07) is 5.37. The quantitative estimate of drug-likeness (QED) is 0.847. The molecule has 4 rings (SSSR count). The van der Waals surface area contributed by atoms with Gasteiger partial charge in [-0.1, -0.05) is 0 Å². The van der Waals surface area contributed by atoms with Crippen molar-refractivity contribution in [1.82, 2.24) is 9.80 Å². The van der Waals surface area contributed by atoms with Crippen LogP contribution in [0.3, 0.4) is 0 Å². The molecule has 3 fully saturated rings. The summed E-state index contributed by atoms with van der Waals surface area (Å²) in [5, 5.41) is 2.99. The average molecular weight is 398 g/mol. The zero-order valence-corrected chi connectivity index (χ0v) is 17.4. The van der Waals surface area contributed by atoms with Crippen LogP contribution in [-0.2, 0) is 9.59 Å². The van der Waals surface area contributed by atoms with Crippen LogP contribution in [0.4, 0.5) is 5.69 Å². The van der Waals surface area contributed by atoms with Crippen molar-refractivity contribution < 1.29 is 14.4 Å². The lowest BCUT2D eigenvalue weighted by Gasteiger charge is -2.33. The first-order valence-corrected chi connectivity index (χ1v) is 11.0. The Labute approximate surface area is 172 Å². The highest BCUT2D eigenvalue weighted by atomic mass is 16.2. The molecule has 29 heavy (non-hydrogen) atoms. The summed E-state index contributed by atoms with van der Waals surface area (Å²) in [5.41, 5.74) is 2.25. The number of aryl methyl sites for hydroxylation is 1. The highest BCUT2D eigenvalue weighted by Crippen LogP contribution is 2.34. The third kappa shape index (κ3) is 4.16. The normalized spacial score (nSPS) is 24.5. The van der Waals surface area contributed by atoms with E-state index >= 15 is 0 Å². The highest BCUT2D eigenvalue weighted by Gasteiger charge is 2.40. The Morgan fingerprint density at radius 3 is 2.41 bits per heavy atom. The fraction of sp³-hybridized carbons (Fsp3) is 0.609. The van der Waals surface area contributed by atoms with E-state index in [1.807, 2.05) is 24.0 Å². The van der Waals surface area contributed by atoms with Gasteiger partial charge in [-0.3, -0.25) is 14.4 Å². The predicted octanol–water partition coefficient (Wildman–Crippen LogP) is 3.35. The largest absolute Gasteiger partial charge is 0.336 e. The van der Waals surface area contributed by atoms with Gasteiger partial charge < -0.3 is 15.1 Å². The number of amides is 3. The molecule has 2 saturated heterocycles. The molecular formula is C23H31N3O3. The van der Waals surface area contributed by atoms with Gasteiger partial charge in [-0.2, -0.15) is 0 Å². The lowest BCUT2D eigenvalue weighted by atomic mass is 10.0. The Hall–Kier alpha value is -2.37. The predicted molar refractivity (Wildman–Crippen MR) is 112 cm³/mol. The summed E-state index contributed by atoms with van der Waals surface area (Å²) in [6.07, 6.45) is 6.78. The minimum absolute atomic E-state index is 0.0650. The van der Waals surface area contributed by atoms with Crippen molar-refractivity contribution in [2.45, 2.75) is 70.9 Å². The Balaban J connectivity index is 1.43. The topological polar surface area (TPSA) is 69.7 Å². The van der Waals surface area contributed by atoms with Crippen molar-refractivity contribution in [2.24, 2.45) is 5.92 Å². The second-order valence-electron chi connectivity index (χ2n) is 8.83. The maximum Gasteiger partial charge on any atom is 0.254 e. The summed E-state index contributed by atoms with van der Waals surface area (Å²) in [4.78, 5) is 41.9. The van der Waals surface area contributed by atoms with Gasteiger partial charge in [0.1, 0.15) is 6.04 Å². The smallest absolute Gasteiger partial charge is 0.254 e. The number of benzene rings is 1. The van der Waals surface area contributed by atoms with Crippen molar-refractivity contribution >= 4 is 23.4 Å². The number of carbonyl (C=O) groups excluding carboxylic acids is 3. The molecular weight excluding hydrogens is 366 g/mol. The third-order valence-corrected chi connectivity index (χ3v) is 6.56. The Bertz CT molecular complexity index is 818. The van der Waals surface area contributed by atoms with Crippen molar-refractivity contribution in [3.8, 4) is 0 Å². The van der Waals surface area contributed by atoms with E-state index in [2.05, 4.69) is 12.2 Å². The van der Waals surface area contributed by atoms with Crippen molar-refractivity contribution in [1.29, 1.82) is 0 Å². The molecule has 0 bridgehead atoms. The molecule has 2 heterocycles. The Morgan fingerprint density at radius 1 is 0.966 bits per heavy atom. The maximum atomic E-state index is 12.9. The molecule has 1 saturated carbocycles. The van der Waals surface area contributed by atoms with E-state index in [0.29, 0.717) is 24.2 Å². The van der Waals surface area contributed by atoms with Crippen LogP contribution >= 0.6 is 0 Å². The van der Waals surface area contributed by atoms with Gasteiger partial charge in [0.15, 0.2) is 0 Å². The molecule has 1 aromatic carbocycles. The monoisotopic (exact) mass is 397 g/mol. The summed E-state index contributed by atoms with van der Waals surface area (Å²) in [6.45, 7) is 5.50. The van der Waals surface area contributed by atoms with Gasteiger partial charge in [0.05, 0.1) is 0 Å². The van der Waals surface area contributed by atoms with E-state index < -0.39 is 0 Å². The zero-order chi connectivity index (χ0) is 20.5. The van der Waals surface area contributed by atoms with Crippen LogP contribution in [0, 0.1) is 12.8 Å². The molecule has 2 aliphatic heterocycles. The lowest BCUT2D eigenvalue weighted by Crippen LogP contribution is -2.44. The molecule has 6 heteroatoms. The molecule has 2 unspecified atom stereocenters. The van der Waals surface area contributed by atoms with Crippen LogP contribution in [0.2, 0.25) is 0 Å². The number of likely N-dealkylation sites (tertiary alicyclic amines) is 2. The second kappa shape index (κ2) is 8.17. The Kier molecular flexibility index (Phi) is 5.61. The molecule has 2 atom stereocenters. The number of piperidine rings is 1. The molecule has 1 aromatic rings. The van der Waals surface area contributed by atoms with Crippen molar-refractivity contribution in [3.05, 3.63) is 29.3 Å². The number of carbonyl (C=O) groups is 3. The molecule has 1 N–H and O–H groups in total. The third-order valence-electron chi connectivity index (χ3n) is 6.56. The first-order valence-electron chi connectivity index (χ1n) is 11.0. The fourth-order valence-electron chi connectivity index (χ4n) is 4.59. The summed E-state index contributed by atoms with van der Waals surface area (Å²) < 4.78 is 0. The lowest BCUT2D eigenvalue weighted by molar-refractivity contribution is -0.137. The molecule has 0 radical (unpaired) electrons. The number of hydrogen-bond acceptors (Lipinski definition) is 3. The maximum absolute atomic E-state index is 12.9. The summed E-state index contributed by atoms with van der Waals surface area (Å²) in [7, 11) is 0. The van der Waals surface area contributed by atoms with Gasteiger partial charge in [0.2, 0.25) is 11.8 Å². The molecule has 0 aromatic heterocycles. The highest BCUT2D eigenvalue weighted by molar-refractivity contribution is 6.00. The van der Waals surface area contributed by atoms with Crippen LogP contribution in [0.1, 0.15) is 67.8 Å². The van der Waals surface area contributed by atoms with E-state index in [0.717, 1.165) is 44.2 Å². The first-order chi connectivity index (χ1) is 14.0. The Morgan fingerprint density at radius 2 is 1.72 bits per heavy atom. The van der Waals surface area contributed by atoms with Gasteiger partial charge in [0.25, 0.3) is 5.91 Å².